The molecule has 0 amide bonds. The number of aryl methyl sites for hydroxylation is 1. The first kappa shape index (κ1) is 13.1. The van der Waals surface area contributed by atoms with Crippen LogP contribution in [0.5, 0.6) is 11.5 Å². The van der Waals surface area contributed by atoms with Crippen molar-refractivity contribution in [2.24, 2.45) is 0 Å². The summed E-state index contributed by atoms with van der Waals surface area (Å²) in [6.45, 7) is 1.77. The van der Waals surface area contributed by atoms with E-state index >= 15 is 0 Å². The third-order valence-corrected chi connectivity index (χ3v) is 2.95. The summed E-state index contributed by atoms with van der Waals surface area (Å²) in [5.41, 5.74) is 1.71. The fourth-order valence-electron chi connectivity index (χ4n) is 1.98. The molecule has 1 heterocycles. The van der Waals surface area contributed by atoms with Gasteiger partial charge in [-0.25, -0.2) is 4.39 Å². The molecule has 0 saturated carbocycles. The molecule has 0 aliphatic rings. The van der Waals surface area contributed by atoms with Crippen LogP contribution in [0.2, 0.25) is 0 Å². The van der Waals surface area contributed by atoms with Gasteiger partial charge in [0.05, 0.1) is 0 Å². The largest absolute Gasteiger partial charge is 0.504 e. The maximum atomic E-state index is 13.4. The first-order chi connectivity index (χ1) is 10.0. The average molecular weight is 286 g/mol. The summed E-state index contributed by atoms with van der Waals surface area (Å²) in [5.74, 6) is -0.478. The van der Waals surface area contributed by atoms with Crippen LogP contribution in [-0.4, -0.2) is 20.4 Å². The van der Waals surface area contributed by atoms with Gasteiger partial charge in [-0.15, -0.1) is 0 Å². The zero-order valence-corrected chi connectivity index (χ0v) is 11.0. The van der Waals surface area contributed by atoms with E-state index in [0.717, 1.165) is 5.56 Å². The fraction of sp³-hybridized carbons (Fsp3) is 0.0667. The van der Waals surface area contributed by atoms with E-state index in [9.17, 15) is 14.6 Å². The maximum absolute atomic E-state index is 13.4. The Hall–Kier alpha value is -2.89. The lowest BCUT2D eigenvalue weighted by Gasteiger charge is -1.99. The molecule has 0 atom stereocenters. The number of hydrogen-bond donors (Lipinski definition) is 2. The Morgan fingerprint density at radius 2 is 1.81 bits per heavy atom. The second-order valence-corrected chi connectivity index (χ2v) is 4.64. The summed E-state index contributed by atoms with van der Waals surface area (Å²) in [6, 6.07) is 8.62. The second kappa shape index (κ2) is 4.90. The van der Waals surface area contributed by atoms with Crippen LogP contribution in [0.3, 0.4) is 0 Å². The van der Waals surface area contributed by atoms with Gasteiger partial charge < -0.3 is 14.7 Å². The summed E-state index contributed by atoms with van der Waals surface area (Å²) in [7, 11) is 0. The molecule has 21 heavy (non-hydrogen) atoms. The van der Waals surface area contributed by atoms with Crippen LogP contribution in [0.4, 0.5) is 4.39 Å². The van der Waals surface area contributed by atoms with Crippen molar-refractivity contribution in [1.82, 2.24) is 10.1 Å². The van der Waals surface area contributed by atoms with Gasteiger partial charge in [0.1, 0.15) is 5.82 Å². The van der Waals surface area contributed by atoms with E-state index < -0.39 is 0 Å². The number of phenolic OH excluding ortho intramolecular Hbond substituents is 2. The highest BCUT2D eigenvalue weighted by atomic mass is 19.1. The van der Waals surface area contributed by atoms with Gasteiger partial charge in [-0.3, -0.25) is 0 Å². The number of benzene rings is 2. The highest BCUT2D eigenvalue weighted by Crippen LogP contribution is 2.30. The summed E-state index contributed by atoms with van der Waals surface area (Å²) in [4.78, 5) is 4.17. The highest BCUT2D eigenvalue weighted by molar-refractivity contribution is 5.62. The normalized spacial score (nSPS) is 10.8. The third-order valence-electron chi connectivity index (χ3n) is 2.95. The average Bonchev–Trinajstić information content (AvgIpc) is 2.90. The zero-order valence-electron chi connectivity index (χ0n) is 11.0. The smallest absolute Gasteiger partial charge is 0.258 e. The molecule has 0 unspecified atom stereocenters. The van der Waals surface area contributed by atoms with E-state index in [-0.39, 0.29) is 29.0 Å². The Bertz CT molecular complexity index is 794. The number of nitrogens with zero attached hydrogens (tertiary/aromatic N) is 2. The number of rotatable bonds is 2. The molecule has 0 fully saturated rings. The van der Waals surface area contributed by atoms with Gasteiger partial charge in [0.25, 0.3) is 5.89 Å². The van der Waals surface area contributed by atoms with Crippen molar-refractivity contribution < 1.29 is 19.1 Å². The maximum Gasteiger partial charge on any atom is 0.258 e. The van der Waals surface area contributed by atoms with Crippen LogP contribution in [0, 0.1) is 12.7 Å². The Balaban J connectivity index is 2.01. The zero-order chi connectivity index (χ0) is 15.0. The first-order valence-electron chi connectivity index (χ1n) is 6.16. The van der Waals surface area contributed by atoms with Gasteiger partial charge in [0, 0.05) is 11.1 Å². The van der Waals surface area contributed by atoms with Gasteiger partial charge in [-0.1, -0.05) is 5.16 Å². The Morgan fingerprint density at radius 1 is 1.00 bits per heavy atom. The van der Waals surface area contributed by atoms with Crippen molar-refractivity contribution >= 4 is 0 Å². The predicted octanol–water partition coefficient (Wildman–Crippen LogP) is 3.26. The molecule has 6 heteroatoms. The van der Waals surface area contributed by atoms with Gasteiger partial charge in [0.15, 0.2) is 11.5 Å². The molecule has 2 aromatic carbocycles. The lowest BCUT2D eigenvalue weighted by atomic mass is 10.1. The molecule has 0 saturated heterocycles. The molecule has 3 aromatic rings. The van der Waals surface area contributed by atoms with Gasteiger partial charge in [-0.2, -0.15) is 4.98 Å². The van der Waals surface area contributed by atoms with Crippen molar-refractivity contribution in [3.05, 3.63) is 47.8 Å². The quantitative estimate of drug-likeness (QED) is 0.707. The SMILES string of the molecule is Cc1cc(F)cc(-c2noc(-c3ccc(O)c(O)c3)n2)c1. The van der Waals surface area contributed by atoms with Crippen LogP contribution >= 0.6 is 0 Å². The number of halogens is 1. The van der Waals surface area contributed by atoms with E-state index in [1.807, 2.05) is 0 Å². The summed E-state index contributed by atoms with van der Waals surface area (Å²) < 4.78 is 18.5. The standard InChI is InChI=1S/C15H11FN2O3/c1-8-4-10(6-11(16)5-8)14-17-15(21-18-14)9-2-3-12(19)13(20)7-9/h2-7,19-20H,1H3. The van der Waals surface area contributed by atoms with Crippen molar-refractivity contribution in [1.29, 1.82) is 0 Å². The number of hydrogen-bond acceptors (Lipinski definition) is 5. The van der Waals surface area contributed by atoms with Crippen molar-refractivity contribution in [3.8, 4) is 34.3 Å². The minimum atomic E-state index is -0.376. The van der Waals surface area contributed by atoms with E-state index in [1.54, 1.807) is 13.0 Å². The van der Waals surface area contributed by atoms with Crippen molar-refractivity contribution in [3.63, 3.8) is 0 Å². The topological polar surface area (TPSA) is 79.4 Å². The third kappa shape index (κ3) is 2.55. The van der Waals surface area contributed by atoms with Crippen LogP contribution in [0.25, 0.3) is 22.8 Å². The molecule has 1 aromatic heterocycles. The first-order valence-corrected chi connectivity index (χ1v) is 6.16. The van der Waals surface area contributed by atoms with Crippen LogP contribution < -0.4 is 0 Å². The van der Waals surface area contributed by atoms with Gasteiger partial charge in [-0.05, 0) is 48.9 Å². The monoisotopic (exact) mass is 286 g/mol. The van der Waals surface area contributed by atoms with Gasteiger partial charge in [0.2, 0.25) is 5.82 Å². The summed E-state index contributed by atoms with van der Waals surface area (Å²) in [6.07, 6.45) is 0. The molecule has 0 radical (unpaired) electrons. The minimum absolute atomic E-state index is 0.169. The van der Waals surface area contributed by atoms with E-state index in [0.29, 0.717) is 11.1 Å². The lowest BCUT2D eigenvalue weighted by molar-refractivity contribution is 0.402. The number of phenols is 2. The Morgan fingerprint density at radius 3 is 2.52 bits per heavy atom. The molecular formula is C15H11FN2O3. The van der Waals surface area contributed by atoms with Gasteiger partial charge >= 0.3 is 0 Å². The Kier molecular flexibility index (Phi) is 3.06. The molecular weight excluding hydrogens is 275 g/mol. The molecule has 106 valence electrons. The number of aromatic nitrogens is 2. The molecule has 3 rings (SSSR count). The fourth-order valence-corrected chi connectivity index (χ4v) is 1.98. The molecule has 2 N–H and O–H groups in total. The van der Waals surface area contributed by atoms with E-state index in [2.05, 4.69) is 10.1 Å². The molecule has 0 bridgehead atoms. The van der Waals surface area contributed by atoms with Crippen molar-refractivity contribution in [2.45, 2.75) is 6.92 Å². The molecule has 5 nitrogen and oxygen atoms in total. The van der Waals surface area contributed by atoms with Crippen molar-refractivity contribution in [2.75, 3.05) is 0 Å². The minimum Gasteiger partial charge on any atom is -0.504 e. The van der Waals surface area contributed by atoms with E-state index in [4.69, 9.17) is 4.52 Å². The second-order valence-electron chi connectivity index (χ2n) is 4.64. The van der Waals surface area contributed by atoms with Crippen LogP contribution in [-0.2, 0) is 0 Å². The van der Waals surface area contributed by atoms with Crippen LogP contribution in [0.15, 0.2) is 40.9 Å². The Labute approximate surface area is 119 Å². The van der Waals surface area contributed by atoms with E-state index in [1.165, 1.54) is 30.3 Å². The molecule has 0 aliphatic carbocycles. The lowest BCUT2D eigenvalue weighted by Crippen LogP contribution is -1.85. The molecule has 0 aliphatic heterocycles. The highest BCUT2D eigenvalue weighted by Gasteiger charge is 2.13. The van der Waals surface area contributed by atoms with Crippen LogP contribution in [0.1, 0.15) is 5.56 Å². The number of aromatic hydroxyl groups is 2. The molecule has 0 spiro atoms. The predicted molar refractivity (Wildman–Crippen MR) is 73.2 cm³/mol. The summed E-state index contributed by atoms with van der Waals surface area (Å²) >= 11 is 0. The summed E-state index contributed by atoms with van der Waals surface area (Å²) in [5, 5.41) is 22.5.